The number of likely N-dealkylation sites (N-methyl/N-ethyl adjacent to an activating group) is 1. The first-order valence-electron chi connectivity index (χ1n) is 8.66. The van der Waals surface area contributed by atoms with Crippen molar-refractivity contribution in [3.63, 3.8) is 0 Å². The Kier molecular flexibility index (Phi) is 6.33. The summed E-state index contributed by atoms with van der Waals surface area (Å²) in [6.07, 6.45) is -0.861. The number of hydrogen-bond donors (Lipinski definition) is 1. The summed E-state index contributed by atoms with van der Waals surface area (Å²) in [5.41, 5.74) is -0.446. The van der Waals surface area contributed by atoms with Crippen LogP contribution >= 0.6 is 34.8 Å². The zero-order chi connectivity index (χ0) is 19.6. The van der Waals surface area contributed by atoms with E-state index in [9.17, 15) is 9.59 Å². The van der Waals surface area contributed by atoms with Gasteiger partial charge in [0.1, 0.15) is 17.3 Å². The minimum atomic E-state index is -1.75. The predicted octanol–water partition coefficient (Wildman–Crippen LogP) is 2.86. The van der Waals surface area contributed by atoms with E-state index in [0.717, 1.165) is 19.6 Å². The molecule has 1 N–H and O–H groups in total. The maximum absolute atomic E-state index is 12.7. The number of nitrogens with zero attached hydrogens (tertiary/aromatic N) is 2. The molecule has 0 radical (unpaired) electrons. The van der Waals surface area contributed by atoms with Crippen LogP contribution < -0.4 is 10.9 Å². The number of rotatable bonds is 4. The molecular weight excluding hydrogens is 413 g/mol. The van der Waals surface area contributed by atoms with E-state index in [1.165, 1.54) is 6.07 Å². The lowest BCUT2D eigenvalue weighted by atomic mass is 10.1. The third kappa shape index (κ3) is 4.76. The number of piperazine rings is 1. The van der Waals surface area contributed by atoms with Gasteiger partial charge in [0.15, 0.2) is 0 Å². The van der Waals surface area contributed by atoms with Crippen molar-refractivity contribution in [2.75, 3.05) is 32.7 Å². The van der Waals surface area contributed by atoms with Crippen molar-refractivity contribution in [3.8, 4) is 0 Å². The third-order valence-electron chi connectivity index (χ3n) is 4.68. The molecule has 3 rings (SSSR count). The van der Waals surface area contributed by atoms with Crippen LogP contribution in [0.5, 0.6) is 0 Å². The Balaban J connectivity index is 1.83. The second-order valence-corrected chi connectivity index (χ2v) is 8.74. The topological polar surface area (TPSA) is 65.8 Å². The molecule has 0 saturated carbocycles. The van der Waals surface area contributed by atoms with Crippen LogP contribution in [0.4, 0.5) is 0 Å². The van der Waals surface area contributed by atoms with Gasteiger partial charge in [-0.3, -0.25) is 9.69 Å². The molecule has 27 heavy (non-hydrogen) atoms. The van der Waals surface area contributed by atoms with Crippen molar-refractivity contribution in [3.05, 3.63) is 46.3 Å². The fourth-order valence-corrected chi connectivity index (χ4v) is 3.72. The average Bonchev–Trinajstić information content (AvgIpc) is 2.64. The summed E-state index contributed by atoms with van der Waals surface area (Å²) in [7, 11) is 0. The Morgan fingerprint density at radius 1 is 1.22 bits per heavy atom. The van der Waals surface area contributed by atoms with E-state index in [1.54, 1.807) is 24.3 Å². The van der Waals surface area contributed by atoms with Crippen molar-refractivity contribution < 1.29 is 9.21 Å². The number of fused-ring (bicyclic) bond motifs is 1. The van der Waals surface area contributed by atoms with Crippen LogP contribution in [0.2, 0.25) is 0 Å². The molecule has 146 valence electrons. The molecule has 2 heterocycles. The Morgan fingerprint density at radius 2 is 1.89 bits per heavy atom. The summed E-state index contributed by atoms with van der Waals surface area (Å²) in [6, 6.07) is 8.45. The Labute approximate surface area is 171 Å². The van der Waals surface area contributed by atoms with Gasteiger partial charge in [-0.25, -0.2) is 4.79 Å². The normalized spacial score (nSPS) is 17.8. The van der Waals surface area contributed by atoms with Gasteiger partial charge in [-0.05, 0) is 18.7 Å². The first kappa shape index (κ1) is 20.4. The Morgan fingerprint density at radius 3 is 2.52 bits per heavy atom. The van der Waals surface area contributed by atoms with E-state index >= 15 is 0 Å². The molecule has 0 aliphatic carbocycles. The van der Waals surface area contributed by atoms with E-state index in [0.29, 0.717) is 24.1 Å². The lowest BCUT2D eigenvalue weighted by Gasteiger charge is -2.41. The first-order valence-corrected chi connectivity index (χ1v) is 9.80. The minimum absolute atomic E-state index is 0.125. The minimum Gasteiger partial charge on any atom is -0.422 e. The molecule has 1 amide bonds. The zero-order valence-corrected chi connectivity index (χ0v) is 17.0. The van der Waals surface area contributed by atoms with E-state index in [-0.39, 0.29) is 5.56 Å². The summed E-state index contributed by atoms with van der Waals surface area (Å²) < 4.78 is 3.47. The van der Waals surface area contributed by atoms with Gasteiger partial charge < -0.3 is 14.6 Å². The highest BCUT2D eigenvalue weighted by atomic mass is 35.6. The van der Waals surface area contributed by atoms with Gasteiger partial charge in [0.25, 0.3) is 5.91 Å². The van der Waals surface area contributed by atoms with Crippen molar-refractivity contribution in [2.45, 2.75) is 16.9 Å². The lowest BCUT2D eigenvalue weighted by Crippen LogP contribution is -2.60. The third-order valence-corrected chi connectivity index (χ3v) is 5.30. The Hall–Kier alpha value is -1.31. The largest absolute Gasteiger partial charge is 0.422 e. The summed E-state index contributed by atoms with van der Waals surface area (Å²) in [5.74, 6) is -0.635. The highest BCUT2D eigenvalue weighted by molar-refractivity contribution is 6.68. The molecule has 1 aliphatic rings. The number of benzene rings is 1. The number of halogens is 3. The summed E-state index contributed by atoms with van der Waals surface area (Å²) in [5, 5.41) is 3.34. The summed E-state index contributed by atoms with van der Waals surface area (Å²) >= 11 is 18.4. The standard InChI is InChI=1S/C18H20Cl3N3O3/c1-2-23-7-9-24(10-8-23)17(18(19,20)21)22-15(25)13-11-12-5-3-4-6-14(12)27-16(13)26/h3-6,11,17H,2,7-10H2,1H3,(H,22,25). The molecule has 2 aromatic rings. The molecule has 9 heteroatoms. The molecule has 1 unspecified atom stereocenters. The van der Waals surface area contributed by atoms with E-state index in [4.69, 9.17) is 39.2 Å². The molecule has 0 spiro atoms. The van der Waals surface area contributed by atoms with E-state index in [2.05, 4.69) is 17.1 Å². The van der Waals surface area contributed by atoms with Crippen molar-refractivity contribution in [1.82, 2.24) is 15.1 Å². The Bertz CT molecular complexity index is 873. The van der Waals surface area contributed by atoms with Gasteiger partial charge in [-0.2, -0.15) is 0 Å². The number of carbonyl (C=O) groups is 1. The molecule has 0 bridgehead atoms. The van der Waals surface area contributed by atoms with Gasteiger partial charge in [-0.1, -0.05) is 59.9 Å². The first-order chi connectivity index (χ1) is 12.8. The van der Waals surface area contributed by atoms with Gasteiger partial charge >= 0.3 is 5.63 Å². The highest BCUT2D eigenvalue weighted by Crippen LogP contribution is 2.33. The quantitative estimate of drug-likeness (QED) is 0.594. The van der Waals surface area contributed by atoms with Crippen LogP contribution in [0.15, 0.2) is 39.5 Å². The second kappa shape index (κ2) is 8.37. The maximum Gasteiger partial charge on any atom is 0.349 e. The number of nitrogens with one attached hydrogen (secondary N) is 1. The maximum atomic E-state index is 12.7. The van der Waals surface area contributed by atoms with Gasteiger partial charge in [0, 0.05) is 31.6 Å². The van der Waals surface area contributed by atoms with Gasteiger partial charge in [0.05, 0.1) is 0 Å². The SMILES string of the molecule is CCN1CCN(C(NC(=O)c2cc3ccccc3oc2=O)C(Cl)(Cl)Cl)CC1. The smallest absolute Gasteiger partial charge is 0.349 e. The molecule has 1 atom stereocenters. The van der Waals surface area contributed by atoms with Crippen LogP contribution in [-0.4, -0.2) is 58.4 Å². The van der Waals surface area contributed by atoms with Gasteiger partial charge in [0.2, 0.25) is 3.79 Å². The number of alkyl halides is 3. The van der Waals surface area contributed by atoms with E-state index < -0.39 is 21.5 Å². The number of hydrogen-bond acceptors (Lipinski definition) is 5. The van der Waals surface area contributed by atoms with Crippen LogP contribution in [-0.2, 0) is 0 Å². The predicted molar refractivity (Wildman–Crippen MR) is 108 cm³/mol. The number of amides is 1. The van der Waals surface area contributed by atoms with Gasteiger partial charge in [-0.15, -0.1) is 0 Å². The molecule has 1 aromatic carbocycles. The summed E-state index contributed by atoms with van der Waals surface area (Å²) in [4.78, 5) is 29.1. The van der Waals surface area contributed by atoms with E-state index in [1.807, 2.05) is 4.90 Å². The zero-order valence-electron chi connectivity index (χ0n) is 14.8. The second-order valence-electron chi connectivity index (χ2n) is 6.37. The van der Waals surface area contributed by atoms with Crippen LogP contribution in [0.25, 0.3) is 11.0 Å². The van der Waals surface area contributed by atoms with Crippen molar-refractivity contribution >= 4 is 51.7 Å². The van der Waals surface area contributed by atoms with Crippen molar-refractivity contribution in [2.24, 2.45) is 0 Å². The molecule has 6 nitrogen and oxygen atoms in total. The number of carbonyl (C=O) groups excluding carboxylic acids is 1. The highest BCUT2D eigenvalue weighted by Gasteiger charge is 2.40. The number of para-hydroxylation sites is 1. The van der Waals surface area contributed by atoms with Crippen LogP contribution in [0.1, 0.15) is 17.3 Å². The van der Waals surface area contributed by atoms with Crippen LogP contribution in [0.3, 0.4) is 0 Å². The average molecular weight is 433 g/mol. The molecule has 1 saturated heterocycles. The summed E-state index contributed by atoms with van der Waals surface area (Å²) in [6.45, 7) is 5.92. The molecule has 1 aromatic heterocycles. The molecular formula is C18H20Cl3N3O3. The fourth-order valence-electron chi connectivity index (χ4n) is 3.14. The monoisotopic (exact) mass is 431 g/mol. The van der Waals surface area contributed by atoms with Crippen LogP contribution in [0, 0.1) is 0 Å². The molecule has 1 fully saturated rings. The lowest BCUT2D eigenvalue weighted by molar-refractivity contribution is 0.0687. The van der Waals surface area contributed by atoms with Crippen molar-refractivity contribution in [1.29, 1.82) is 0 Å². The fraction of sp³-hybridized carbons (Fsp3) is 0.444. The molecule has 1 aliphatic heterocycles.